The first-order valence-electron chi connectivity index (χ1n) is 16.9. The molecule has 2 fully saturated rings. The first-order valence-corrected chi connectivity index (χ1v) is 18.1. The Balaban J connectivity index is 1.53. The Morgan fingerprint density at radius 2 is 1.00 bits per heavy atom. The fraction of sp³-hybridized carbons (Fsp3) is 0.350. The molecule has 4 aromatic rings. The van der Waals surface area contributed by atoms with Gasteiger partial charge in [-0.25, -0.2) is 4.67 Å². The summed E-state index contributed by atoms with van der Waals surface area (Å²) in [6.07, 6.45) is 3.61. The predicted octanol–water partition coefficient (Wildman–Crippen LogP) is 8.87. The highest BCUT2D eigenvalue weighted by Gasteiger charge is 2.54. The minimum absolute atomic E-state index is 0.0190. The molecule has 0 spiro atoms. The van der Waals surface area contributed by atoms with Gasteiger partial charge in [0.05, 0.1) is 24.2 Å². The number of carbonyl (C=O) groups excluding carboxylic acids is 2. The number of piperazine rings is 1. The van der Waals surface area contributed by atoms with E-state index in [1.165, 1.54) is 0 Å². The molecule has 4 aromatic carbocycles. The first kappa shape index (κ1) is 32.4. The molecular formula is C40H44N3O4P. The molecule has 3 aliphatic rings. The molecule has 8 heteroatoms. The summed E-state index contributed by atoms with van der Waals surface area (Å²) in [6, 6.07) is 26.7. The third-order valence-corrected chi connectivity index (χ3v) is 11.2. The molecule has 2 heterocycles. The third-order valence-electron chi connectivity index (χ3n) is 9.87. The number of benzene rings is 4. The average Bonchev–Trinajstić information content (AvgIpc) is 3.11. The molecule has 2 amide bonds. The summed E-state index contributed by atoms with van der Waals surface area (Å²) in [4.78, 5) is 34.6. The van der Waals surface area contributed by atoms with Crippen molar-refractivity contribution in [3.8, 4) is 11.5 Å². The van der Waals surface area contributed by atoms with Crippen LogP contribution in [-0.4, -0.2) is 52.5 Å². The molecule has 0 radical (unpaired) electrons. The van der Waals surface area contributed by atoms with Crippen molar-refractivity contribution >= 4 is 20.3 Å². The van der Waals surface area contributed by atoms with E-state index in [2.05, 4.69) is 34.1 Å². The Morgan fingerprint density at radius 1 is 0.625 bits per heavy atom. The topological polar surface area (TPSA) is 62.3 Å². The van der Waals surface area contributed by atoms with Gasteiger partial charge in [-0.1, -0.05) is 83.6 Å². The smallest absolute Gasteiger partial charge is 0.384 e. The Labute approximate surface area is 285 Å². The first-order chi connectivity index (χ1) is 23.1. The molecule has 1 aliphatic carbocycles. The zero-order chi connectivity index (χ0) is 33.7. The van der Waals surface area contributed by atoms with Crippen LogP contribution in [0, 0.1) is 27.7 Å². The summed E-state index contributed by atoms with van der Waals surface area (Å²) in [6.45, 7) is 8.15. The molecule has 0 unspecified atom stereocenters. The number of hydrogen-bond acceptors (Lipinski definition) is 5. The van der Waals surface area contributed by atoms with Gasteiger partial charge in [0, 0.05) is 22.3 Å². The number of para-hydroxylation sites is 2. The van der Waals surface area contributed by atoms with Crippen LogP contribution in [0.25, 0.3) is 0 Å². The van der Waals surface area contributed by atoms with Gasteiger partial charge in [0.25, 0.3) is 11.8 Å². The second-order valence-electron chi connectivity index (χ2n) is 13.8. The Morgan fingerprint density at radius 3 is 1.38 bits per heavy atom. The van der Waals surface area contributed by atoms with Crippen molar-refractivity contribution < 1.29 is 18.6 Å². The fourth-order valence-corrected chi connectivity index (χ4v) is 9.14. The molecular weight excluding hydrogens is 617 g/mol. The zero-order valence-electron chi connectivity index (χ0n) is 28.6. The maximum atomic E-state index is 15.2. The maximum absolute atomic E-state index is 15.2. The second-order valence-corrected chi connectivity index (χ2v) is 15.5. The van der Waals surface area contributed by atoms with Crippen molar-refractivity contribution in [3.63, 3.8) is 0 Å². The van der Waals surface area contributed by atoms with E-state index in [0.717, 1.165) is 59.1 Å². The number of nitrogens with zero attached hydrogens (tertiary/aromatic N) is 3. The largest absolute Gasteiger partial charge is 0.427 e. The van der Waals surface area contributed by atoms with Gasteiger partial charge in [0.2, 0.25) is 0 Å². The van der Waals surface area contributed by atoms with Crippen LogP contribution in [0.1, 0.15) is 91.9 Å². The van der Waals surface area contributed by atoms with Gasteiger partial charge < -0.3 is 18.8 Å². The van der Waals surface area contributed by atoms with Crippen LogP contribution in [0.3, 0.4) is 0 Å². The van der Waals surface area contributed by atoms with Crippen LogP contribution in [0.2, 0.25) is 0 Å². The highest BCUT2D eigenvalue weighted by molar-refractivity contribution is 7.45. The van der Waals surface area contributed by atoms with E-state index >= 15 is 9.59 Å². The molecule has 48 heavy (non-hydrogen) atoms. The number of carbonyl (C=O) groups is 2. The van der Waals surface area contributed by atoms with Gasteiger partial charge >= 0.3 is 8.53 Å². The quantitative estimate of drug-likeness (QED) is 0.205. The minimum atomic E-state index is -1.55. The number of hydrogen-bond donors (Lipinski definition) is 0. The normalized spacial score (nSPS) is 22.1. The Bertz CT molecular complexity index is 1700. The molecule has 248 valence electrons. The van der Waals surface area contributed by atoms with Crippen LogP contribution < -0.4 is 9.05 Å². The zero-order valence-corrected chi connectivity index (χ0v) is 29.5. The number of rotatable bonds is 3. The summed E-state index contributed by atoms with van der Waals surface area (Å²) in [5.41, 5.74) is 7.28. The third kappa shape index (κ3) is 5.88. The van der Waals surface area contributed by atoms with E-state index in [9.17, 15) is 0 Å². The maximum Gasteiger partial charge on any atom is 0.384 e. The molecule has 1 saturated heterocycles. The molecule has 7 nitrogen and oxygen atoms in total. The Hall–Kier alpha value is -4.19. The molecule has 0 bridgehead atoms. The molecule has 7 rings (SSSR count). The van der Waals surface area contributed by atoms with Crippen LogP contribution in [0.15, 0.2) is 84.9 Å². The molecule has 4 atom stereocenters. The van der Waals surface area contributed by atoms with Crippen molar-refractivity contribution in [3.05, 3.63) is 129 Å². The van der Waals surface area contributed by atoms with Crippen LogP contribution in [-0.2, 0) is 0 Å². The predicted molar refractivity (Wildman–Crippen MR) is 190 cm³/mol. The van der Waals surface area contributed by atoms with Crippen molar-refractivity contribution in [2.75, 3.05) is 14.1 Å². The van der Waals surface area contributed by atoms with Crippen molar-refractivity contribution in [2.45, 2.75) is 77.5 Å². The van der Waals surface area contributed by atoms with Gasteiger partial charge in [0.1, 0.15) is 11.5 Å². The van der Waals surface area contributed by atoms with Crippen LogP contribution >= 0.6 is 8.53 Å². The van der Waals surface area contributed by atoms with Crippen LogP contribution in [0.5, 0.6) is 11.5 Å². The van der Waals surface area contributed by atoms with Gasteiger partial charge in [-0.15, -0.1) is 0 Å². The van der Waals surface area contributed by atoms with Crippen molar-refractivity contribution in [1.82, 2.24) is 14.5 Å². The summed E-state index contributed by atoms with van der Waals surface area (Å²) >= 11 is 0. The number of fused-ring (bicyclic) bond motifs is 6. The summed E-state index contributed by atoms with van der Waals surface area (Å²) in [5.74, 6) is 1.28. The highest BCUT2D eigenvalue weighted by atomic mass is 31.2. The second kappa shape index (κ2) is 13.0. The van der Waals surface area contributed by atoms with E-state index in [1.807, 2.05) is 107 Å². The Kier molecular flexibility index (Phi) is 8.78. The lowest BCUT2D eigenvalue weighted by Gasteiger charge is -2.58. The van der Waals surface area contributed by atoms with Crippen molar-refractivity contribution in [1.29, 1.82) is 0 Å². The van der Waals surface area contributed by atoms with E-state index < -0.39 is 20.6 Å². The highest BCUT2D eigenvalue weighted by Crippen LogP contribution is 2.57. The summed E-state index contributed by atoms with van der Waals surface area (Å²) in [7, 11) is 2.35. The average molecular weight is 662 g/mol. The lowest BCUT2D eigenvalue weighted by Crippen LogP contribution is -2.65. The number of aryl methyl sites for hydroxylation is 4. The van der Waals surface area contributed by atoms with Crippen LogP contribution in [0.4, 0.5) is 0 Å². The molecule has 0 aromatic heterocycles. The van der Waals surface area contributed by atoms with Gasteiger partial charge in [-0.3, -0.25) is 9.59 Å². The molecule has 2 aliphatic heterocycles. The lowest BCUT2D eigenvalue weighted by atomic mass is 9.77. The lowest BCUT2D eigenvalue weighted by molar-refractivity contribution is -0.0531. The van der Waals surface area contributed by atoms with Gasteiger partial charge in [-0.2, -0.15) is 0 Å². The standard InChI is InChI=1S/C40H44N3O4P/c1-25-19-26(2)22-29(21-25)39(44)42-33-15-9-10-16-34(33)43(40(45)30-23-27(3)20-28(4)24-30)38-32-14-8-12-18-36(32)47-48(41(5)6)46-35-17-11-7-13-31(35)37(38)42/h7-8,11-14,17-24,33-34,37-38H,9-10,15-16H2,1-6H3/t33-,34-,37+,38+/m1/s1. The van der Waals surface area contributed by atoms with E-state index in [4.69, 9.17) is 9.05 Å². The van der Waals surface area contributed by atoms with Crippen molar-refractivity contribution in [2.24, 2.45) is 0 Å². The minimum Gasteiger partial charge on any atom is -0.427 e. The number of amides is 2. The summed E-state index contributed by atoms with van der Waals surface area (Å²) < 4.78 is 15.4. The van der Waals surface area contributed by atoms with E-state index in [-0.39, 0.29) is 23.9 Å². The van der Waals surface area contributed by atoms with Gasteiger partial charge in [0.15, 0.2) is 0 Å². The fourth-order valence-electron chi connectivity index (χ4n) is 8.11. The SMILES string of the molecule is Cc1cc(C)cc(C(=O)N2[C@@H]3CCCC[C@H]3N(C(=O)c3cc(C)cc(C)c3)[C@H]3c4ccccc4OP(N(C)C)Oc4ccccc4[C@@H]32)c1. The monoisotopic (exact) mass is 661 g/mol. The van der Waals surface area contributed by atoms with E-state index in [0.29, 0.717) is 22.6 Å². The molecule has 1 saturated carbocycles. The molecule has 0 N–H and O–H groups in total. The van der Waals surface area contributed by atoms with Gasteiger partial charge in [-0.05, 0) is 91.0 Å². The summed E-state index contributed by atoms with van der Waals surface area (Å²) in [5, 5.41) is 0. The van der Waals surface area contributed by atoms with E-state index in [1.54, 1.807) is 0 Å².